The zero-order valence-electron chi connectivity index (χ0n) is 13.4. The van der Waals surface area contributed by atoms with Crippen molar-refractivity contribution in [3.05, 3.63) is 24.3 Å². The molecule has 3 rings (SSSR count). The standard InChI is InChI=1S/C17H24N2O3.ClH/c1-17(18)9-5-4-6-13(17)16(20)19-10-12-11-21-14-7-2-3-8-15(14)22-12;/h2-3,7-8,12-13H,4-6,9-11,18H2,1H3,(H,19,20);1H. The van der Waals surface area contributed by atoms with Crippen molar-refractivity contribution in [2.75, 3.05) is 13.2 Å². The summed E-state index contributed by atoms with van der Waals surface area (Å²) in [5, 5.41) is 2.98. The smallest absolute Gasteiger partial charge is 0.225 e. The monoisotopic (exact) mass is 340 g/mol. The molecule has 5 nitrogen and oxygen atoms in total. The fourth-order valence-corrected chi connectivity index (χ4v) is 3.29. The van der Waals surface area contributed by atoms with Crippen LogP contribution in [0.2, 0.25) is 0 Å². The van der Waals surface area contributed by atoms with E-state index in [1.807, 2.05) is 31.2 Å². The SMILES string of the molecule is CC1(N)CCCCC1C(=O)NCC1COc2ccccc2O1.Cl. The Morgan fingerprint density at radius 3 is 2.83 bits per heavy atom. The number of hydrogen-bond donors (Lipinski definition) is 2. The summed E-state index contributed by atoms with van der Waals surface area (Å²) in [6.07, 6.45) is 3.78. The topological polar surface area (TPSA) is 73.6 Å². The molecule has 1 aliphatic carbocycles. The Morgan fingerprint density at radius 2 is 2.09 bits per heavy atom. The highest BCUT2D eigenvalue weighted by atomic mass is 35.5. The van der Waals surface area contributed by atoms with Crippen LogP contribution in [0.3, 0.4) is 0 Å². The first-order valence-corrected chi connectivity index (χ1v) is 8.01. The van der Waals surface area contributed by atoms with Gasteiger partial charge in [0.25, 0.3) is 0 Å². The highest BCUT2D eigenvalue weighted by Crippen LogP contribution is 2.32. The van der Waals surface area contributed by atoms with Crippen LogP contribution in [0.15, 0.2) is 24.3 Å². The summed E-state index contributed by atoms with van der Waals surface area (Å²) in [5.41, 5.74) is 5.87. The van der Waals surface area contributed by atoms with Crippen LogP contribution in [-0.4, -0.2) is 30.7 Å². The summed E-state index contributed by atoms with van der Waals surface area (Å²) >= 11 is 0. The van der Waals surface area contributed by atoms with Gasteiger partial charge >= 0.3 is 0 Å². The largest absolute Gasteiger partial charge is 0.486 e. The molecule has 3 atom stereocenters. The molecular formula is C17H25ClN2O3. The molecule has 1 aromatic rings. The minimum absolute atomic E-state index is 0. The minimum Gasteiger partial charge on any atom is -0.486 e. The van der Waals surface area contributed by atoms with Gasteiger partial charge in [-0.05, 0) is 31.9 Å². The summed E-state index contributed by atoms with van der Waals surface area (Å²) in [7, 11) is 0. The third-order valence-electron chi connectivity index (χ3n) is 4.64. The Kier molecular flexibility index (Phi) is 5.76. The van der Waals surface area contributed by atoms with Crippen LogP contribution in [0, 0.1) is 5.92 Å². The minimum atomic E-state index is -0.404. The molecule has 0 aromatic heterocycles. The predicted octanol–water partition coefficient (Wildman–Crippen LogP) is 2.27. The maximum atomic E-state index is 12.4. The average Bonchev–Trinajstić information content (AvgIpc) is 2.52. The van der Waals surface area contributed by atoms with Gasteiger partial charge in [0.1, 0.15) is 12.7 Å². The van der Waals surface area contributed by atoms with Gasteiger partial charge in [-0.1, -0.05) is 25.0 Å². The first kappa shape index (κ1) is 17.9. The van der Waals surface area contributed by atoms with Gasteiger partial charge in [0.05, 0.1) is 12.5 Å². The number of nitrogens with one attached hydrogen (secondary N) is 1. The van der Waals surface area contributed by atoms with Crippen molar-refractivity contribution in [2.45, 2.75) is 44.2 Å². The fourth-order valence-electron chi connectivity index (χ4n) is 3.29. The number of carbonyl (C=O) groups excluding carboxylic acids is 1. The van der Waals surface area contributed by atoms with Gasteiger partial charge in [-0.15, -0.1) is 12.4 Å². The summed E-state index contributed by atoms with van der Waals surface area (Å²) in [6.45, 7) is 2.87. The van der Waals surface area contributed by atoms with Crippen molar-refractivity contribution < 1.29 is 14.3 Å². The van der Waals surface area contributed by atoms with E-state index in [2.05, 4.69) is 5.32 Å². The molecule has 3 unspecified atom stereocenters. The normalized spacial score (nSPS) is 29.3. The van der Waals surface area contributed by atoms with Crippen molar-refractivity contribution in [1.29, 1.82) is 0 Å². The van der Waals surface area contributed by atoms with Crippen LogP contribution in [0.25, 0.3) is 0 Å². The number of carbonyl (C=O) groups is 1. The molecule has 2 aliphatic rings. The van der Waals surface area contributed by atoms with E-state index in [0.29, 0.717) is 13.2 Å². The second-order valence-electron chi connectivity index (χ2n) is 6.55. The Bertz CT molecular complexity index is 550. The molecule has 0 saturated heterocycles. The fraction of sp³-hybridized carbons (Fsp3) is 0.588. The van der Waals surface area contributed by atoms with Crippen LogP contribution < -0.4 is 20.5 Å². The number of para-hydroxylation sites is 2. The summed E-state index contributed by atoms with van der Waals surface area (Å²) in [6, 6.07) is 7.58. The lowest BCUT2D eigenvalue weighted by Crippen LogP contribution is -2.54. The average molecular weight is 341 g/mol. The molecule has 3 N–H and O–H groups in total. The lowest BCUT2D eigenvalue weighted by Gasteiger charge is -2.37. The van der Waals surface area contributed by atoms with Gasteiger partial charge < -0.3 is 20.5 Å². The molecule has 1 fully saturated rings. The predicted molar refractivity (Wildman–Crippen MR) is 91.2 cm³/mol. The molecule has 0 spiro atoms. The molecule has 23 heavy (non-hydrogen) atoms. The zero-order chi connectivity index (χ0) is 15.6. The lowest BCUT2D eigenvalue weighted by molar-refractivity contribution is -0.128. The molecule has 1 aliphatic heterocycles. The molecular weight excluding hydrogens is 316 g/mol. The number of rotatable bonds is 3. The van der Waals surface area contributed by atoms with Crippen LogP contribution >= 0.6 is 12.4 Å². The number of fused-ring (bicyclic) bond motifs is 1. The van der Waals surface area contributed by atoms with Crippen LogP contribution in [0.1, 0.15) is 32.6 Å². The first-order valence-electron chi connectivity index (χ1n) is 8.01. The van der Waals surface area contributed by atoms with Crippen LogP contribution in [-0.2, 0) is 4.79 Å². The van der Waals surface area contributed by atoms with E-state index in [9.17, 15) is 4.79 Å². The zero-order valence-corrected chi connectivity index (χ0v) is 14.2. The number of halogens is 1. The number of ether oxygens (including phenoxy) is 2. The van der Waals surface area contributed by atoms with E-state index in [1.165, 1.54) is 0 Å². The van der Waals surface area contributed by atoms with Gasteiger partial charge in [0.2, 0.25) is 5.91 Å². The van der Waals surface area contributed by atoms with Crippen molar-refractivity contribution in [2.24, 2.45) is 11.7 Å². The molecule has 1 aromatic carbocycles. The van der Waals surface area contributed by atoms with Gasteiger partial charge in [-0.3, -0.25) is 4.79 Å². The maximum Gasteiger partial charge on any atom is 0.225 e. The molecule has 1 heterocycles. The van der Waals surface area contributed by atoms with Crippen LogP contribution in [0.5, 0.6) is 11.5 Å². The van der Waals surface area contributed by atoms with Gasteiger partial charge in [-0.2, -0.15) is 0 Å². The van der Waals surface area contributed by atoms with Crippen molar-refractivity contribution in [3.8, 4) is 11.5 Å². The molecule has 6 heteroatoms. The van der Waals surface area contributed by atoms with Crippen molar-refractivity contribution >= 4 is 18.3 Å². The van der Waals surface area contributed by atoms with E-state index >= 15 is 0 Å². The maximum absolute atomic E-state index is 12.4. The first-order chi connectivity index (χ1) is 10.6. The number of amides is 1. The van der Waals surface area contributed by atoms with Gasteiger partial charge in [-0.25, -0.2) is 0 Å². The van der Waals surface area contributed by atoms with E-state index in [4.69, 9.17) is 15.2 Å². The summed E-state index contributed by atoms with van der Waals surface area (Å²) in [5.74, 6) is 1.41. The highest BCUT2D eigenvalue weighted by molar-refractivity contribution is 5.85. The van der Waals surface area contributed by atoms with E-state index < -0.39 is 5.54 Å². The molecule has 0 radical (unpaired) electrons. The molecule has 1 amide bonds. The Hall–Kier alpha value is -1.46. The number of nitrogens with two attached hydrogens (primary N) is 1. The van der Waals surface area contributed by atoms with Gasteiger partial charge in [0, 0.05) is 5.54 Å². The van der Waals surface area contributed by atoms with E-state index in [-0.39, 0.29) is 30.3 Å². The van der Waals surface area contributed by atoms with Crippen molar-refractivity contribution in [1.82, 2.24) is 5.32 Å². The second-order valence-corrected chi connectivity index (χ2v) is 6.55. The van der Waals surface area contributed by atoms with E-state index in [1.54, 1.807) is 0 Å². The third-order valence-corrected chi connectivity index (χ3v) is 4.64. The lowest BCUT2D eigenvalue weighted by atomic mass is 9.74. The second kappa shape index (κ2) is 7.41. The van der Waals surface area contributed by atoms with Gasteiger partial charge in [0.15, 0.2) is 11.5 Å². The summed E-state index contributed by atoms with van der Waals surface area (Å²) in [4.78, 5) is 12.4. The number of hydrogen-bond acceptors (Lipinski definition) is 4. The Morgan fingerprint density at radius 1 is 1.35 bits per heavy atom. The highest BCUT2D eigenvalue weighted by Gasteiger charge is 2.38. The van der Waals surface area contributed by atoms with Crippen LogP contribution in [0.4, 0.5) is 0 Å². The third kappa shape index (κ3) is 4.09. The Labute approximate surface area is 143 Å². The van der Waals surface area contributed by atoms with Crippen molar-refractivity contribution in [3.63, 3.8) is 0 Å². The summed E-state index contributed by atoms with van der Waals surface area (Å²) < 4.78 is 11.5. The number of benzene rings is 1. The quantitative estimate of drug-likeness (QED) is 0.885. The molecule has 0 bridgehead atoms. The molecule has 128 valence electrons. The molecule has 1 saturated carbocycles. The van der Waals surface area contributed by atoms with E-state index in [0.717, 1.165) is 37.2 Å². The Balaban J connectivity index is 0.00000192.